The van der Waals surface area contributed by atoms with Crippen molar-refractivity contribution >= 4 is 23.0 Å². The van der Waals surface area contributed by atoms with Crippen LogP contribution in [-0.2, 0) is 0 Å². The molecule has 15 heavy (non-hydrogen) atoms. The van der Waals surface area contributed by atoms with Crippen molar-refractivity contribution in [3.8, 4) is 5.75 Å². The molecule has 0 radical (unpaired) electrons. The Balaban J connectivity index is 2.22. The normalized spacial score (nSPS) is 9.93. The Hall–Kier alpha value is -1.67. The Morgan fingerprint density at radius 3 is 2.27 bits per heavy atom. The van der Waals surface area contributed by atoms with Crippen molar-refractivity contribution in [3.63, 3.8) is 0 Å². The lowest BCUT2D eigenvalue weighted by molar-refractivity contribution is 0.478. The first kappa shape index (κ1) is 9.87. The fraction of sp³-hybridized carbons (Fsp3) is 0. The number of nitrogens with one attached hydrogen (secondary N) is 1. The molecule has 2 N–H and O–H groups in total. The van der Waals surface area contributed by atoms with E-state index in [1.165, 1.54) is 0 Å². The molecule has 0 saturated heterocycles. The van der Waals surface area contributed by atoms with E-state index in [1.807, 2.05) is 24.3 Å². The van der Waals surface area contributed by atoms with Crippen molar-refractivity contribution in [2.75, 3.05) is 5.32 Å². The van der Waals surface area contributed by atoms with Crippen LogP contribution in [0.4, 0.5) is 11.4 Å². The lowest BCUT2D eigenvalue weighted by Crippen LogP contribution is -1.89. The maximum absolute atomic E-state index is 9.54. The van der Waals surface area contributed by atoms with Crippen LogP contribution in [0.5, 0.6) is 5.75 Å². The standard InChI is InChI=1S/C12H10ClNO/c13-9-5-7-10(8-6-9)14-11-3-1-2-4-12(11)15/h1-8,14-15H. The molecule has 0 atom stereocenters. The summed E-state index contributed by atoms with van der Waals surface area (Å²) in [6, 6.07) is 14.4. The van der Waals surface area contributed by atoms with E-state index in [-0.39, 0.29) is 5.75 Å². The quantitative estimate of drug-likeness (QED) is 0.754. The highest BCUT2D eigenvalue weighted by atomic mass is 35.5. The van der Waals surface area contributed by atoms with Crippen LogP contribution in [0.15, 0.2) is 48.5 Å². The number of phenolic OH excluding ortho intramolecular Hbond substituents is 1. The van der Waals surface area contributed by atoms with Gasteiger partial charge in [-0.25, -0.2) is 0 Å². The minimum absolute atomic E-state index is 0.229. The van der Waals surface area contributed by atoms with E-state index in [9.17, 15) is 5.11 Å². The van der Waals surface area contributed by atoms with Gasteiger partial charge in [0.2, 0.25) is 0 Å². The summed E-state index contributed by atoms with van der Waals surface area (Å²) < 4.78 is 0. The molecule has 76 valence electrons. The van der Waals surface area contributed by atoms with Gasteiger partial charge in [0.15, 0.2) is 0 Å². The average molecular weight is 220 g/mol. The number of anilines is 2. The Kier molecular flexibility index (Phi) is 2.79. The van der Waals surface area contributed by atoms with Gasteiger partial charge >= 0.3 is 0 Å². The molecule has 2 aromatic rings. The maximum atomic E-state index is 9.54. The van der Waals surface area contributed by atoms with E-state index in [4.69, 9.17) is 11.6 Å². The monoisotopic (exact) mass is 219 g/mol. The van der Waals surface area contributed by atoms with Gasteiger partial charge in [-0.3, -0.25) is 0 Å². The minimum atomic E-state index is 0.229. The van der Waals surface area contributed by atoms with Gasteiger partial charge in [-0.05, 0) is 36.4 Å². The molecule has 0 spiro atoms. The molecule has 0 heterocycles. The molecule has 3 heteroatoms. The summed E-state index contributed by atoms with van der Waals surface area (Å²) in [5, 5.41) is 13.3. The first-order valence-corrected chi connectivity index (χ1v) is 4.94. The zero-order chi connectivity index (χ0) is 10.7. The molecule has 0 aliphatic heterocycles. The molecule has 0 fully saturated rings. The summed E-state index contributed by atoms with van der Waals surface area (Å²) in [4.78, 5) is 0. The van der Waals surface area contributed by atoms with Crippen molar-refractivity contribution in [3.05, 3.63) is 53.6 Å². The largest absolute Gasteiger partial charge is 0.506 e. The molecule has 2 rings (SSSR count). The van der Waals surface area contributed by atoms with Gasteiger partial charge in [0.1, 0.15) is 5.75 Å². The smallest absolute Gasteiger partial charge is 0.139 e. The van der Waals surface area contributed by atoms with Crippen LogP contribution in [0, 0.1) is 0 Å². The number of aromatic hydroxyl groups is 1. The third-order valence-corrected chi connectivity index (χ3v) is 2.28. The van der Waals surface area contributed by atoms with E-state index in [2.05, 4.69) is 5.32 Å². The van der Waals surface area contributed by atoms with Gasteiger partial charge in [0.05, 0.1) is 5.69 Å². The first-order valence-electron chi connectivity index (χ1n) is 4.56. The van der Waals surface area contributed by atoms with E-state index in [1.54, 1.807) is 24.3 Å². The Morgan fingerprint density at radius 1 is 0.933 bits per heavy atom. The fourth-order valence-electron chi connectivity index (χ4n) is 1.27. The van der Waals surface area contributed by atoms with Gasteiger partial charge in [-0.15, -0.1) is 0 Å². The molecule has 2 aromatic carbocycles. The molecule has 0 saturated carbocycles. The number of benzene rings is 2. The van der Waals surface area contributed by atoms with Crippen LogP contribution in [0.1, 0.15) is 0 Å². The first-order chi connectivity index (χ1) is 7.25. The summed E-state index contributed by atoms with van der Waals surface area (Å²) in [6.45, 7) is 0. The molecule has 0 amide bonds. The number of hydrogen-bond acceptors (Lipinski definition) is 2. The van der Waals surface area contributed by atoms with Crippen molar-refractivity contribution in [2.24, 2.45) is 0 Å². The van der Waals surface area contributed by atoms with Gasteiger partial charge < -0.3 is 10.4 Å². The summed E-state index contributed by atoms with van der Waals surface area (Å²) in [5.74, 6) is 0.229. The lowest BCUT2D eigenvalue weighted by Gasteiger charge is -2.07. The second kappa shape index (κ2) is 4.24. The molecule has 0 aromatic heterocycles. The summed E-state index contributed by atoms with van der Waals surface area (Å²) in [6.07, 6.45) is 0. The van der Waals surface area contributed by atoms with Crippen LogP contribution < -0.4 is 5.32 Å². The molecular weight excluding hydrogens is 210 g/mol. The van der Waals surface area contributed by atoms with Crippen LogP contribution in [0.3, 0.4) is 0 Å². The third-order valence-electron chi connectivity index (χ3n) is 2.03. The summed E-state index contributed by atoms with van der Waals surface area (Å²) in [7, 11) is 0. The Labute approximate surface area is 93.1 Å². The van der Waals surface area contributed by atoms with E-state index in [0.717, 1.165) is 5.69 Å². The van der Waals surface area contributed by atoms with Gasteiger partial charge in [-0.2, -0.15) is 0 Å². The van der Waals surface area contributed by atoms with E-state index < -0.39 is 0 Å². The average Bonchev–Trinajstić information content (AvgIpc) is 2.25. The van der Waals surface area contributed by atoms with Crippen LogP contribution in [-0.4, -0.2) is 5.11 Å². The van der Waals surface area contributed by atoms with Gasteiger partial charge in [0, 0.05) is 10.7 Å². The lowest BCUT2D eigenvalue weighted by atomic mass is 10.2. The molecule has 0 unspecified atom stereocenters. The number of hydrogen-bond donors (Lipinski definition) is 2. The summed E-state index contributed by atoms with van der Waals surface area (Å²) in [5.41, 5.74) is 1.57. The molecule has 2 nitrogen and oxygen atoms in total. The van der Waals surface area contributed by atoms with Crippen molar-refractivity contribution in [2.45, 2.75) is 0 Å². The van der Waals surface area contributed by atoms with Crippen molar-refractivity contribution in [1.82, 2.24) is 0 Å². The van der Waals surface area contributed by atoms with Gasteiger partial charge in [-0.1, -0.05) is 23.7 Å². The highest BCUT2D eigenvalue weighted by molar-refractivity contribution is 6.30. The fourth-order valence-corrected chi connectivity index (χ4v) is 1.39. The van der Waals surface area contributed by atoms with Crippen LogP contribution in [0.2, 0.25) is 5.02 Å². The highest BCUT2D eigenvalue weighted by Crippen LogP contribution is 2.26. The predicted molar refractivity (Wildman–Crippen MR) is 62.8 cm³/mol. The summed E-state index contributed by atoms with van der Waals surface area (Å²) >= 11 is 5.77. The van der Waals surface area contributed by atoms with Crippen LogP contribution >= 0.6 is 11.6 Å². The number of phenols is 1. The molecule has 0 bridgehead atoms. The molecular formula is C12H10ClNO. The second-order valence-corrected chi connectivity index (χ2v) is 3.59. The highest BCUT2D eigenvalue weighted by Gasteiger charge is 1.99. The molecule has 0 aliphatic carbocycles. The van der Waals surface area contributed by atoms with Crippen molar-refractivity contribution < 1.29 is 5.11 Å². The predicted octanol–water partition coefficient (Wildman–Crippen LogP) is 3.79. The van der Waals surface area contributed by atoms with E-state index in [0.29, 0.717) is 10.7 Å². The maximum Gasteiger partial charge on any atom is 0.139 e. The van der Waals surface area contributed by atoms with Crippen LogP contribution in [0.25, 0.3) is 0 Å². The second-order valence-electron chi connectivity index (χ2n) is 3.15. The molecule has 0 aliphatic rings. The zero-order valence-electron chi connectivity index (χ0n) is 7.94. The van der Waals surface area contributed by atoms with E-state index >= 15 is 0 Å². The van der Waals surface area contributed by atoms with Crippen molar-refractivity contribution in [1.29, 1.82) is 0 Å². The Morgan fingerprint density at radius 2 is 1.60 bits per heavy atom. The third kappa shape index (κ3) is 2.42. The number of para-hydroxylation sites is 2. The topological polar surface area (TPSA) is 32.3 Å². The Bertz CT molecular complexity index is 453. The SMILES string of the molecule is Oc1ccccc1Nc1ccc(Cl)cc1. The van der Waals surface area contributed by atoms with Gasteiger partial charge in [0.25, 0.3) is 0 Å². The zero-order valence-corrected chi connectivity index (χ0v) is 8.70. The minimum Gasteiger partial charge on any atom is -0.506 e. The number of halogens is 1. The number of rotatable bonds is 2.